The first-order valence-electron chi connectivity index (χ1n) is 6.95. The Kier molecular flexibility index (Phi) is 5.49. The molecule has 0 aliphatic rings. The molecule has 0 saturated heterocycles. The van der Waals surface area contributed by atoms with Crippen molar-refractivity contribution in [2.45, 2.75) is 6.92 Å². The van der Waals surface area contributed by atoms with E-state index in [4.69, 9.17) is 16.3 Å². The third-order valence-corrected chi connectivity index (χ3v) is 3.37. The Balaban J connectivity index is 2.23. The molecule has 0 aromatic heterocycles. The fourth-order valence-electron chi connectivity index (χ4n) is 1.93. The molecule has 0 heterocycles. The van der Waals surface area contributed by atoms with Crippen molar-refractivity contribution < 1.29 is 19.2 Å². The smallest absolute Gasteiger partial charge is 0.339 e. The molecule has 7 nitrogen and oxygen atoms in total. The number of esters is 1. The molecule has 2 aromatic carbocycles. The number of rotatable bonds is 5. The lowest BCUT2D eigenvalue weighted by Crippen LogP contribution is -2.13. The maximum atomic E-state index is 12.2. The van der Waals surface area contributed by atoms with E-state index in [0.717, 1.165) is 6.07 Å². The van der Waals surface area contributed by atoms with Crippen LogP contribution in [0, 0.1) is 10.1 Å². The third-order valence-electron chi connectivity index (χ3n) is 3.04. The van der Waals surface area contributed by atoms with Gasteiger partial charge in [-0.15, -0.1) is 0 Å². The summed E-state index contributed by atoms with van der Waals surface area (Å²) >= 11 is 5.95. The Labute approximate surface area is 142 Å². The largest absolute Gasteiger partial charge is 0.462 e. The molecule has 1 N–H and O–H groups in total. The molecule has 0 saturated carbocycles. The van der Waals surface area contributed by atoms with Crippen molar-refractivity contribution in [3.8, 4) is 0 Å². The van der Waals surface area contributed by atoms with Gasteiger partial charge in [0.2, 0.25) is 0 Å². The summed E-state index contributed by atoms with van der Waals surface area (Å²) in [6.45, 7) is 1.86. The molecule has 0 aliphatic carbocycles. The van der Waals surface area contributed by atoms with Crippen molar-refractivity contribution in [3.05, 3.63) is 68.7 Å². The summed E-state index contributed by atoms with van der Waals surface area (Å²) in [5.74, 6) is -1.15. The van der Waals surface area contributed by atoms with E-state index in [-0.39, 0.29) is 28.4 Å². The van der Waals surface area contributed by atoms with E-state index in [1.807, 2.05) is 0 Å². The van der Waals surface area contributed by atoms with E-state index in [1.165, 1.54) is 36.4 Å². The molecule has 8 heteroatoms. The molecule has 0 radical (unpaired) electrons. The average Bonchev–Trinajstić information content (AvgIpc) is 2.56. The first-order chi connectivity index (χ1) is 11.4. The van der Waals surface area contributed by atoms with Gasteiger partial charge in [-0.05, 0) is 31.2 Å². The Hall–Kier alpha value is -2.93. The van der Waals surface area contributed by atoms with Crippen LogP contribution in [0.2, 0.25) is 5.02 Å². The lowest BCUT2D eigenvalue weighted by Gasteiger charge is -2.09. The number of nitrogens with one attached hydrogen (secondary N) is 1. The normalized spacial score (nSPS) is 10.1. The molecule has 0 unspecified atom stereocenters. The summed E-state index contributed by atoms with van der Waals surface area (Å²) in [5.41, 5.74) is 0.372. The summed E-state index contributed by atoms with van der Waals surface area (Å²) < 4.78 is 4.88. The zero-order chi connectivity index (χ0) is 17.7. The zero-order valence-electron chi connectivity index (χ0n) is 12.6. The molecule has 124 valence electrons. The highest BCUT2D eigenvalue weighted by molar-refractivity contribution is 6.33. The monoisotopic (exact) mass is 348 g/mol. The highest BCUT2D eigenvalue weighted by atomic mass is 35.5. The number of hydrogen-bond donors (Lipinski definition) is 1. The number of nitro groups is 1. The van der Waals surface area contributed by atoms with E-state index in [2.05, 4.69) is 5.32 Å². The fourth-order valence-corrected chi connectivity index (χ4v) is 2.13. The average molecular weight is 349 g/mol. The lowest BCUT2D eigenvalue weighted by atomic mass is 10.1. The van der Waals surface area contributed by atoms with Gasteiger partial charge in [-0.1, -0.05) is 17.7 Å². The van der Waals surface area contributed by atoms with Crippen LogP contribution < -0.4 is 5.32 Å². The minimum Gasteiger partial charge on any atom is -0.462 e. The number of carbonyl (C=O) groups is 2. The summed E-state index contributed by atoms with van der Waals surface area (Å²) in [6.07, 6.45) is 0. The van der Waals surface area contributed by atoms with Gasteiger partial charge in [0.1, 0.15) is 0 Å². The van der Waals surface area contributed by atoms with Crippen LogP contribution in [-0.2, 0) is 4.74 Å². The topological polar surface area (TPSA) is 98.5 Å². The van der Waals surface area contributed by atoms with Gasteiger partial charge in [-0.25, -0.2) is 4.79 Å². The molecular weight excluding hydrogens is 336 g/mol. The van der Waals surface area contributed by atoms with Gasteiger partial charge in [-0.3, -0.25) is 14.9 Å². The number of hydrogen-bond acceptors (Lipinski definition) is 5. The maximum Gasteiger partial charge on any atom is 0.339 e. The predicted octanol–water partition coefficient (Wildman–Crippen LogP) is 3.68. The van der Waals surface area contributed by atoms with E-state index in [1.54, 1.807) is 6.92 Å². The number of halogens is 1. The van der Waals surface area contributed by atoms with Crippen LogP contribution in [0.1, 0.15) is 27.6 Å². The molecule has 0 atom stereocenters. The highest BCUT2D eigenvalue weighted by Crippen LogP contribution is 2.22. The van der Waals surface area contributed by atoms with Crippen LogP contribution in [-0.4, -0.2) is 23.4 Å². The van der Waals surface area contributed by atoms with Gasteiger partial charge in [-0.2, -0.15) is 0 Å². The van der Waals surface area contributed by atoms with Crippen molar-refractivity contribution in [1.82, 2.24) is 0 Å². The van der Waals surface area contributed by atoms with Gasteiger partial charge >= 0.3 is 5.97 Å². The van der Waals surface area contributed by atoms with Crippen molar-refractivity contribution in [3.63, 3.8) is 0 Å². The van der Waals surface area contributed by atoms with Crippen molar-refractivity contribution >= 4 is 34.9 Å². The molecule has 2 rings (SSSR count). The zero-order valence-corrected chi connectivity index (χ0v) is 13.4. The van der Waals surface area contributed by atoms with Crippen molar-refractivity contribution in [2.75, 3.05) is 11.9 Å². The van der Waals surface area contributed by atoms with Crippen LogP contribution in [0.4, 0.5) is 11.4 Å². The van der Waals surface area contributed by atoms with Gasteiger partial charge in [0.05, 0.1) is 22.1 Å². The van der Waals surface area contributed by atoms with Crippen molar-refractivity contribution in [2.24, 2.45) is 0 Å². The number of carbonyl (C=O) groups excluding carboxylic acids is 2. The SMILES string of the molecule is CCOC(=O)c1cc(NC(=O)c2cccc([N+](=O)[O-])c2)ccc1Cl. The number of ether oxygens (including phenoxy) is 1. The second kappa shape index (κ2) is 7.56. The Morgan fingerprint density at radius 3 is 2.67 bits per heavy atom. The van der Waals surface area contributed by atoms with E-state index in [0.29, 0.717) is 5.69 Å². The Morgan fingerprint density at radius 1 is 1.25 bits per heavy atom. The minimum absolute atomic E-state index is 0.121. The van der Waals surface area contributed by atoms with E-state index < -0.39 is 16.8 Å². The summed E-state index contributed by atoms with van der Waals surface area (Å²) in [4.78, 5) is 34.2. The molecule has 0 spiro atoms. The first kappa shape index (κ1) is 17.4. The summed E-state index contributed by atoms with van der Waals surface area (Å²) in [6, 6.07) is 9.67. The van der Waals surface area contributed by atoms with Crippen molar-refractivity contribution in [1.29, 1.82) is 0 Å². The molecule has 0 aliphatic heterocycles. The van der Waals surface area contributed by atoms with Crippen LogP contribution in [0.25, 0.3) is 0 Å². The number of benzene rings is 2. The number of anilines is 1. The second-order valence-electron chi connectivity index (χ2n) is 4.68. The molecule has 2 aromatic rings. The van der Waals surface area contributed by atoms with Crippen LogP contribution in [0.3, 0.4) is 0 Å². The summed E-state index contributed by atoms with van der Waals surface area (Å²) in [5, 5.41) is 13.5. The van der Waals surface area contributed by atoms with Gasteiger partial charge < -0.3 is 10.1 Å². The van der Waals surface area contributed by atoms with E-state index in [9.17, 15) is 19.7 Å². The molecule has 0 fully saturated rings. The molecule has 1 amide bonds. The van der Waals surface area contributed by atoms with E-state index >= 15 is 0 Å². The number of nitrogens with zero attached hydrogens (tertiary/aromatic N) is 1. The predicted molar refractivity (Wildman–Crippen MR) is 88.5 cm³/mol. The minimum atomic E-state index is -0.603. The molecule has 0 bridgehead atoms. The Bertz CT molecular complexity index is 807. The van der Waals surface area contributed by atoms with Gasteiger partial charge in [0.15, 0.2) is 0 Å². The van der Waals surface area contributed by atoms with Crippen LogP contribution >= 0.6 is 11.6 Å². The molecule has 24 heavy (non-hydrogen) atoms. The first-order valence-corrected chi connectivity index (χ1v) is 7.32. The maximum absolute atomic E-state index is 12.2. The van der Waals surface area contributed by atoms with Crippen LogP contribution in [0.5, 0.6) is 0 Å². The number of amides is 1. The number of non-ortho nitro benzene ring substituents is 1. The number of nitro benzene ring substituents is 1. The third kappa shape index (κ3) is 4.08. The van der Waals surface area contributed by atoms with Gasteiger partial charge in [0, 0.05) is 23.4 Å². The quantitative estimate of drug-likeness (QED) is 0.505. The highest BCUT2D eigenvalue weighted by Gasteiger charge is 2.15. The summed E-state index contributed by atoms with van der Waals surface area (Å²) in [7, 11) is 0. The molecular formula is C16H13ClN2O5. The second-order valence-corrected chi connectivity index (χ2v) is 5.08. The van der Waals surface area contributed by atoms with Crippen LogP contribution in [0.15, 0.2) is 42.5 Å². The van der Waals surface area contributed by atoms with Gasteiger partial charge in [0.25, 0.3) is 11.6 Å². The lowest BCUT2D eigenvalue weighted by molar-refractivity contribution is -0.384. The fraction of sp³-hybridized carbons (Fsp3) is 0.125. The Morgan fingerprint density at radius 2 is 2.00 bits per heavy atom. The standard InChI is InChI=1S/C16H13ClN2O5/c1-2-24-16(21)13-9-11(6-7-14(13)17)18-15(20)10-4-3-5-12(8-10)19(22)23/h3-9H,2H2,1H3,(H,18,20).